The Hall–Kier alpha value is -4.73. The Morgan fingerprint density at radius 2 is 1.38 bits per heavy atom. The van der Waals surface area contributed by atoms with Gasteiger partial charge in [0.1, 0.15) is 18.1 Å². The second kappa shape index (κ2) is 17.0. The molecular formula is C24H36N8O8. The minimum atomic E-state index is -1.46. The number of aliphatic carboxylic acids is 2. The summed E-state index contributed by atoms with van der Waals surface area (Å²) < 4.78 is 0. The van der Waals surface area contributed by atoms with Crippen LogP contribution in [0.1, 0.15) is 37.7 Å². The first-order valence-corrected chi connectivity index (χ1v) is 12.3. The monoisotopic (exact) mass is 564 g/mol. The molecule has 16 nitrogen and oxygen atoms in total. The van der Waals surface area contributed by atoms with Crippen molar-refractivity contribution in [1.82, 2.24) is 16.0 Å². The molecule has 0 heterocycles. The van der Waals surface area contributed by atoms with Crippen LogP contribution in [0.5, 0.6) is 0 Å². The van der Waals surface area contributed by atoms with E-state index in [9.17, 15) is 33.9 Å². The highest BCUT2D eigenvalue weighted by Gasteiger charge is 2.31. The van der Waals surface area contributed by atoms with Crippen molar-refractivity contribution in [2.75, 3.05) is 6.54 Å². The van der Waals surface area contributed by atoms with Gasteiger partial charge >= 0.3 is 11.9 Å². The van der Waals surface area contributed by atoms with E-state index >= 15 is 0 Å². The molecule has 4 atom stereocenters. The molecule has 1 aromatic carbocycles. The van der Waals surface area contributed by atoms with Gasteiger partial charge in [0.15, 0.2) is 5.96 Å². The summed E-state index contributed by atoms with van der Waals surface area (Å²) in [5, 5.41) is 25.6. The fraction of sp³-hybridized carbons (Fsp3) is 0.458. The number of guanidine groups is 1. The Balaban J connectivity index is 3.16. The molecule has 0 aromatic heterocycles. The number of carboxylic acids is 2. The van der Waals surface area contributed by atoms with Gasteiger partial charge in [-0.05, 0) is 24.8 Å². The highest BCUT2D eigenvalue weighted by atomic mass is 16.4. The third kappa shape index (κ3) is 13.2. The number of carbonyl (C=O) groups is 6. The lowest BCUT2D eigenvalue weighted by atomic mass is 10.0. The number of nitrogens with one attached hydrogen (secondary N) is 3. The van der Waals surface area contributed by atoms with Gasteiger partial charge in [0.2, 0.25) is 23.6 Å². The maximum Gasteiger partial charge on any atom is 0.326 e. The average molecular weight is 565 g/mol. The lowest BCUT2D eigenvalue weighted by molar-refractivity contribution is -0.142. The van der Waals surface area contributed by atoms with Crippen LogP contribution in [0.15, 0.2) is 35.3 Å². The summed E-state index contributed by atoms with van der Waals surface area (Å²) in [7, 11) is 0. The van der Waals surface area contributed by atoms with Crippen molar-refractivity contribution in [2.45, 2.75) is 62.7 Å². The number of hydrogen-bond acceptors (Lipinski definition) is 8. The molecule has 40 heavy (non-hydrogen) atoms. The SMILES string of the molecule is NC(=O)CCC(NC(=O)C(Cc1ccccc1)NC(=O)C(CCCN=C(N)N)NC(=O)C(N)CC(=O)O)C(=O)O. The van der Waals surface area contributed by atoms with Crippen LogP contribution in [0, 0.1) is 0 Å². The van der Waals surface area contributed by atoms with E-state index in [1.807, 2.05) is 0 Å². The number of aliphatic imine (C=N–C) groups is 1. The van der Waals surface area contributed by atoms with Crippen LogP contribution in [0.4, 0.5) is 0 Å². The predicted molar refractivity (Wildman–Crippen MR) is 142 cm³/mol. The van der Waals surface area contributed by atoms with E-state index in [4.69, 9.17) is 28.0 Å². The van der Waals surface area contributed by atoms with E-state index in [0.29, 0.717) is 5.56 Å². The number of nitrogens with zero attached hydrogens (tertiary/aromatic N) is 1. The normalized spacial score (nSPS) is 13.5. The Bertz CT molecular complexity index is 1080. The van der Waals surface area contributed by atoms with Gasteiger partial charge in [0.05, 0.1) is 12.5 Å². The zero-order valence-electron chi connectivity index (χ0n) is 21.7. The van der Waals surface area contributed by atoms with Crippen molar-refractivity contribution >= 4 is 41.5 Å². The van der Waals surface area contributed by atoms with Crippen molar-refractivity contribution < 1.29 is 39.0 Å². The summed E-state index contributed by atoms with van der Waals surface area (Å²) in [5.74, 6) is -6.25. The number of benzene rings is 1. The van der Waals surface area contributed by atoms with Gasteiger partial charge in [-0.1, -0.05) is 30.3 Å². The molecule has 16 heteroatoms. The number of amides is 4. The molecular weight excluding hydrogens is 528 g/mol. The molecule has 4 unspecified atom stereocenters. The molecule has 0 saturated carbocycles. The molecule has 0 radical (unpaired) electrons. The van der Waals surface area contributed by atoms with E-state index < -0.39 is 66.2 Å². The molecule has 220 valence electrons. The fourth-order valence-corrected chi connectivity index (χ4v) is 3.48. The van der Waals surface area contributed by atoms with Gasteiger partial charge in [0, 0.05) is 19.4 Å². The van der Waals surface area contributed by atoms with Crippen molar-refractivity contribution in [3.05, 3.63) is 35.9 Å². The van der Waals surface area contributed by atoms with E-state index in [0.717, 1.165) is 0 Å². The number of rotatable bonds is 18. The highest BCUT2D eigenvalue weighted by molar-refractivity contribution is 5.95. The summed E-state index contributed by atoms with van der Waals surface area (Å²) in [6.07, 6.45) is -1.10. The molecule has 0 aliphatic heterocycles. The van der Waals surface area contributed by atoms with Crippen LogP contribution in [0.2, 0.25) is 0 Å². The molecule has 0 aliphatic rings. The molecule has 4 amide bonds. The van der Waals surface area contributed by atoms with Crippen molar-refractivity contribution in [3.8, 4) is 0 Å². The van der Waals surface area contributed by atoms with Crippen molar-refractivity contribution in [1.29, 1.82) is 0 Å². The Morgan fingerprint density at radius 1 is 0.800 bits per heavy atom. The van der Waals surface area contributed by atoms with Gasteiger partial charge in [-0.2, -0.15) is 0 Å². The lowest BCUT2D eigenvalue weighted by Gasteiger charge is -2.25. The van der Waals surface area contributed by atoms with E-state index in [2.05, 4.69) is 20.9 Å². The molecule has 0 fully saturated rings. The lowest BCUT2D eigenvalue weighted by Crippen LogP contribution is -2.57. The topological polar surface area (TPSA) is 295 Å². The quantitative estimate of drug-likeness (QED) is 0.0488. The third-order valence-electron chi connectivity index (χ3n) is 5.52. The first kappa shape index (κ1) is 33.3. The first-order valence-electron chi connectivity index (χ1n) is 12.3. The summed E-state index contributed by atoms with van der Waals surface area (Å²) in [6.45, 7) is 0.108. The van der Waals surface area contributed by atoms with Crippen LogP contribution in [-0.4, -0.2) is 82.5 Å². The van der Waals surface area contributed by atoms with Gasteiger partial charge in [-0.15, -0.1) is 0 Å². The Morgan fingerprint density at radius 3 is 1.93 bits per heavy atom. The van der Waals surface area contributed by atoms with Crippen LogP contribution in [0.25, 0.3) is 0 Å². The second-order valence-electron chi connectivity index (χ2n) is 8.87. The maximum absolute atomic E-state index is 13.3. The van der Waals surface area contributed by atoms with Crippen LogP contribution in [-0.2, 0) is 35.2 Å². The van der Waals surface area contributed by atoms with Gasteiger partial charge < -0.3 is 49.1 Å². The molecule has 0 saturated heterocycles. The smallest absolute Gasteiger partial charge is 0.326 e. The molecule has 1 rings (SSSR count). The average Bonchev–Trinajstić information content (AvgIpc) is 2.87. The number of primary amides is 1. The minimum Gasteiger partial charge on any atom is -0.481 e. The second-order valence-corrected chi connectivity index (χ2v) is 8.87. The van der Waals surface area contributed by atoms with Crippen molar-refractivity contribution in [2.24, 2.45) is 27.9 Å². The first-order chi connectivity index (χ1) is 18.8. The zero-order chi connectivity index (χ0) is 30.2. The zero-order valence-corrected chi connectivity index (χ0v) is 21.7. The van der Waals surface area contributed by atoms with E-state index in [-0.39, 0.29) is 44.6 Å². The van der Waals surface area contributed by atoms with Crippen LogP contribution >= 0.6 is 0 Å². The summed E-state index contributed by atoms with van der Waals surface area (Å²) in [5.41, 5.74) is 21.9. The molecule has 0 spiro atoms. The van der Waals surface area contributed by atoms with E-state index in [1.54, 1.807) is 30.3 Å². The number of nitrogens with two attached hydrogens (primary N) is 4. The van der Waals surface area contributed by atoms with Crippen molar-refractivity contribution in [3.63, 3.8) is 0 Å². The summed E-state index contributed by atoms with van der Waals surface area (Å²) in [4.78, 5) is 76.3. The molecule has 0 bridgehead atoms. The summed E-state index contributed by atoms with van der Waals surface area (Å²) in [6, 6.07) is 3.05. The summed E-state index contributed by atoms with van der Waals surface area (Å²) >= 11 is 0. The van der Waals surface area contributed by atoms with Gasteiger partial charge in [-0.25, -0.2) is 4.79 Å². The Kier molecular flexibility index (Phi) is 14.1. The van der Waals surface area contributed by atoms with Gasteiger partial charge in [0.25, 0.3) is 0 Å². The third-order valence-corrected chi connectivity index (χ3v) is 5.52. The number of carboxylic acid groups (broad SMARTS) is 2. The molecule has 1 aromatic rings. The number of carbonyl (C=O) groups excluding carboxylic acids is 4. The van der Waals surface area contributed by atoms with Crippen LogP contribution < -0.4 is 38.9 Å². The number of hydrogen-bond donors (Lipinski definition) is 9. The maximum atomic E-state index is 13.3. The minimum absolute atomic E-state index is 0.00974. The predicted octanol–water partition coefficient (Wildman–Crippen LogP) is -3.11. The fourth-order valence-electron chi connectivity index (χ4n) is 3.48. The van der Waals surface area contributed by atoms with Crippen LogP contribution in [0.3, 0.4) is 0 Å². The van der Waals surface area contributed by atoms with E-state index in [1.165, 1.54) is 0 Å². The standard InChI is InChI=1S/C24H36N8O8/c25-14(12-19(34)35)20(36)30-15(7-4-10-29-24(27)28)21(37)32-17(11-13-5-2-1-3-6-13)22(38)31-16(23(39)40)8-9-18(26)33/h1-3,5-6,14-17H,4,7-12,25H2,(H2,26,33)(H,30,36)(H,31,38)(H,32,37)(H,34,35)(H,39,40)(H4,27,28,29). The largest absolute Gasteiger partial charge is 0.481 e. The molecule has 0 aliphatic carbocycles. The van der Waals surface area contributed by atoms with Gasteiger partial charge in [-0.3, -0.25) is 29.0 Å². The highest BCUT2D eigenvalue weighted by Crippen LogP contribution is 2.08. The Labute approximate surface area is 229 Å². The molecule has 13 N–H and O–H groups in total.